The van der Waals surface area contributed by atoms with Gasteiger partial charge in [0, 0.05) is 28.7 Å². The molecule has 5 rings (SSSR count). The van der Waals surface area contributed by atoms with Crippen LogP contribution >= 0.6 is 34.5 Å². The average Bonchev–Trinajstić information content (AvgIpc) is 3.07. The molecule has 2 aliphatic rings. The minimum absolute atomic E-state index is 0.0670. The normalized spacial score (nSPS) is 18.6. The third kappa shape index (κ3) is 6.51. The van der Waals surface area contributed by atoms with E-state index in [1.807, 2.05) is 18.2 Å². The first-order valence-corrected chi connectivity index (χ1v) is 14.7. The summed E-state index contributed by atoms with van der Waals surface area (Å²) in [4.78, 5) is 21.2. The summed E-state index contributed by atoms with van der Waals surface area (Å²) in [5, 5.41) is 11.5. The summed E-state index contributed by atoms with van der Waals surface area (Å²) in [5.41, 5.74) is 1.75. The van der Waals surface area contributed by atoms with Crippen LogP contribution < -0.4 is 9.64 Å². The Morgan fingerprint density at radius 1 is 1.00 bits per heavy atom. The number of hydrogen-bond donors (Lipinski definition) is 1. The number of ether oxygens (including phenoxy) is 1. The fourth-order valence-corrected chi connectivity index (χ4v) is 7.29. The summed E-state index contributed by atoms with van der Waals surface area (Å²) in [5.74, 6) is -0.239. The Hall–Kier alpha value is -2.06. The van der Waals surface area contributed by atoms with Crippen LogP contribution in [0.1, 0.15) is 50.5 Å². The molecular weight excluding hydrogens is 529 g/mol. The molecular formula is C28H33Cl2N3O3S. The standard InChI is InChI=1S/C28H33Cl2N3O3S/c29-21-5-6-24-25(19-21)37-27(31-24)32-12-7-28(8-13-32,33-10-3-1-2-4-11-33)9-14-36-23-16-20(17-26(34)35)15-22(30)18-23/h5-6,15-16,18-19H,1-4,7-14,17H2,(H,34,35). The summed E-state index contributed by atoms with van der Waals surface area (Å²) in [6.07, 6.45) is 8.09. The molecule has 0 spiro atoms. The Morgan fingerprint density at radius 2 is 1.76 bits per heavy atom. The summed E-state index contributed by atoms with van der Waals surface area (Å²) in [6.45, 7) is 4.77. The van der Waals surface area contributed by atoms with Gasteiger partial charge in [0.2, 0.25) is 0 Å². The van der Waals surface area contributed by atoms with Gasteiger partial charge < -0.3 is 14.7 Å². The number of carbonyl (C=O) groups is 1. The smallest absolute Gasteiger partial charge is 0.307 e. The molecule has 2 fully saturated rings. The lowest BCUT2D eigenvalue weighted by Crippen LogP contribution is -2.56. The molecule has 0 aliphatic carbocycles. The first-order valence-electron chi connectivity index (χ1n) is 13.1. The summed E-state index contributed by atoms with van der Waals surface area (Å²) < 4.78 is 7.31. The number of halogens is 2. The van der Waals surface area contributed by atoms with Crippen LogP contribution in [0, 0.1) is 0 Å². The first-order chi connectivity index (χ1) is 17.9. The van der Waals surface area contributed by atoms with Gasteiger partial charge in [-0.15, -0.1) is 0 Å². The second kappa shape index (κ2) is 11.8. The van der Waals surface area contributed by atoms with E-state index in [9.17, 15) is 4.79 Å². The second-order valence-electron chi connectivity index (χ2n) is 10.2. The average molecular weight is 563 g/mol. The highest BCUT2D eigenvalue weighted by atomic mass is 35.5. The van der Waals surface area contributed by atoms with E-state index in [1.165, 1.54) is 25.7 Å². The lowest BCUT2D eigenvalue weighted by Gasteiger charge is -2.49. The largest absolute Gasteiger partial charge is 0.493 e. The van der Waals surface area contributed by atoms with Gasteiger partial charge in [-0.05, 0) is 87.2 Å². The lowest BCUT2D eigenvalue weighted by atomic mass is 9.82. The van der Waals surface area contributed by atoms with Crippen LogP contribution in [0.5, 0.6) is 5.75 Å². The van der Waals surface area contributed by atoms with E-state index in [4.69, 9.17) is 38.0 Å². The van der Waals surface area contributed by atoms with Gasteiger partial charge in [0.05, 0.1) is 23.2 Å². The summed E-state index contributed by atoms with van der Waals surface area (Å²) in [7, 11) is 0. The van der Waals surface area contributed by atoms with Crippen molar-refractivity contribution in [2.45, 2.75) is 56.9 Å². The SMILES string of the molecule is O=C(O)Cc1cc(Cl)cc(OCCC2(N3CCCCCC3)CCN(c3nc4ccc(Cl)cc4s3)CC2)c1. The molecule has 0 amide bonds. The van der Waals surface area contributed by atoms with Gasteiger partial charge in [-0.2, -0.15) is 0 Å². The molecule has 1 aromatic heterocycles. The van der Waals surface area contributed by atoms with Crippen molar-refractivity contribution in [3.05, 3.63) is 52.0 Å². The number of carboxylic acid groups (broad SMARTS) is 1. The third-order valence-electron chi connectivity index (χ3n) is 7.70. The zero-order chi connectivity index (χ0) is 25.8. The molecule has 3 aromatic rings. The molecule has 3 heterocycles. The molecule has 0 radical (unpaired) electrons. The van der Waals surface area contributed by atoms with E-state index in [2.05, 4.69) is 9.80 Å². The van der Waals surface area contributed by atoms with Crippen molar-refractivity contribution >= 4 is 55.9 Å². The number of aromatic nitrogens is 1. The zero-order valence-electron chi connectivity index (χ0n) is 20.9. The van der Waals surface area contributed by atoms with Gasteiger partial charge in [-0.25, -0.2) is 4.98 Å². The number of benzene rings is 2. The number of anilines is 1. The number of rotatable bonds is 8. The number of carboxylic acids is 1. The van der Waals surface area contributed by atoms with E-state index >= 15 is 0 Å². The lowest BCUT2D eigenvalue weighted by molar-refractivity contribution is -0.136. The maximum atomic E-state index is 11.1. The highest BCUT2D eigenvalue weighted by Gasteiger charge is 2.40. The van der Waals surface area contributed by atoms with Crippen LogP contribution in [0.4, 0.5) is 5.13 Å². The van der Waals surface area contributed by atoms with E-state index in [-0.39, 0.29) is 12.0 Å². The number of fused-ring (bicyclic) bond motifs is 1. The first kappa shape index (κ1) is 26.5. The van der Waals surface area contributed by atoms with Crippen molar-refractivity contribution in [3.63, 3.8) is 0 Å². The van der Waals surface area contributed by atoms with Crippen LogP contribution in [-0.2, 0) is 11.2 Å². The predicted octanol–water partition coefficient (Wildman–Crippen LogP) is 6.91. The Balaban J connectivity index is 1.28. The zero-order valence-corrected chi connectivity index (χ0v) is 23.3. The topological polar surface area (TPSA) is 65.9 Å². The molecule has 0 atom stereocenters. The molecule has 0 bridgehead atoms. The Labute approximate surface area is 232 Å². The van der Waals surface area contributed by atoms with Gasteiger partial charge >= 0.3 is 5.97 Å². The number of nitrogens with zero attached hydrogens (tertiary/aromatic N) is 3. The summed E-state index contributed by atoms with van der Waals surface area (Å²) >= 11 is 14.2. The minimum atomic E-state index is -0.878. The van der Waals surface area contributed by atoms with Gasteiger partial charge in [-0.1, -0.05) is 47.4 Å². The van der Waals surface area contributed by atoms with Crippen molar-refractivity contribution in [1.82, 2.24) is 9.88 Å². The van der Waals surface area contributed by atoms with Gasteiger partial charge in [0.25, 0.3) is 0 Å². The maximum absolute atomic E-state index is 11.1. The fraction of sp³-hybridized carbons (Fsp3) is 0.500. The monoisotopic (exact) mass is 561 g/mol. The highest BCUT2D eigenvalue weighted by Crippen LogP contribution is 2.38. The molecule has 0 unspecified atom stereocenters. The molecule has 2 saturated heterocycles. The second-order valence-corrected chi connectivity index (χ2v) is 12.1. The molecule has 37 heavy (non-hydrogen) atoms. The van der Waals surface area contributed by atoms with Crippen molar-refractivity contribution in [2.24, 2.45) is 0 Å². The summed E-state index contributed by atoms with van der Waals surface area (Å²) in [6, 6.07) is 11.1. The molecule has 1 N–H and O–H groups in total. The molecule has 2 aromatic carbocycles. The van der Waals surface area contributed by atoms with Crippen molar-refractivity contribution in [2.75, 3.05) is 37.7 Å². The molecule has 0 saturated carbocycles. The number of likely N-dealkylation sites (tertiary alicyclic amines) is 1. The molecule has 6 nitrogen and oxygen atoms in total. The molecule has 2 aliphatic heterocycles. The third-order valence-corrected chi connectivity index (χ3v) is 9.24. The van der Waals surface area contributed by atoms with Crippen molar-refractivity contribution < 1.29 is 14.6 Å². The van der Waals surface area contributed by atoms with Gasteiger partial charge in [0.15, 0.2) is 5.13 Å². The van der Waals surface area contributed by atoms with E-state index in [0.717, 1.165) is 65.8 Å². The van der Waals surface area contributed by atoms with Crippen LogP contribution in [0.15, 0.2) is 36.4 Å². The van der Waals surface area contributed by atoms with Crippen LogP contribution in [0.25, 0.3) is 10.2 Å². The molecule has 9 heteroatoms. The van der Waals surface area contributed by atoms with Crippen LogP contribution in [0.2, 0.25) is 10.0 Å². The van der Waals surface area contributed by atoms with Crippen LogP contribution in [-0.4, -0.2) is 59.3 Å². The predicted molar refractivity (Wildman–Crippen MR) is 152 cm³/mol. The van der Waals surface area contributed by atoms with Crippen molar-refractivity contribution in [3.8, 4) is 5.75 Å². The number of aliphatic carboxylic acids is 1. The number of thiazole rings is 1. The van der Waals surface area contributed by atoms with E-state index < -0.39 is 5.97 Å². The maximum Gasteiger partial charge on any atom is 0.307 e. The van der Waals surface area contributed by atoms with Gasteiger partial charge in [-0.3, -0.25) is 9.69 Å². The Morgan fingerprint density at radius 3 is 2.49 bits per heavy atom. The number of hydrogen-bond acceptors (Lipinski definition) is 6. The highest BCUT2D eigenvalue weighted by molar-refractivity contribution is 7.22. The minimum Gasteiger partial charge on any atom is -0.493 e. The van der Waals surface area contributed by atoms with E-state index in [1.54, 1.807) is 29.5 Å². The van der Waals surface area contributed by atoms with E-state index in [0.29, 0.717) is 22.9 Å². The van der Waals surface area contributed by atoms with Crippen molar-refractivity contribution in [1.29, 1.82) is 0 Å². The molecule has 198 valence electrons. The Kier molecular flexibility index (Phi) is 8.44. The quantitative estimate of drug-likeness (QED) is 0.322. The van der Waals surface area contributed by atoms with Crippen LogP contribution in [0.3, 0.4) is 0 Å². The number of piperidine rings is 1. The fourth-order valence-electron chi connectivity index (χ4n) is 5.74. The van der Waals surface area contributed by atoms with Gasteiger partial charge in [0.1, 0.15) is 5.75 Å². The Bertz CT molecular complexity index is 1230.